The maximum absolute atomic E-state index is 12.7. The summed E-state index contributed by atoms with van der Waals surface area (Å²) in [4.78, 5) is 25.1. The van der Waals surface area contributed by atoms with Crippen LogP contribution in [0.5, 0.6) is 0 Å². The van der Waals surface area contributed by atoms with E-state index < -0.39 is 16.0 Å². The van der Waals surface area contributed by atoms with Gasteiger partial charge in [0.25, 0.3) is 5.91 Å². The minimum absolute atomic E-state index is 0.0733. The number of sulfonamides is 1. The van der Waals surface area contributed by atoms with Gasteiger partial charge in [0, 0.05) is 19.5 Å². The first-order valence-corrected chi connectivity index (χ1v) is 9.58. The summed E-state index contributed by atoms with van der Waals surface area (Å²) in [7, 11) is -3.47. The zero-order valence-electron chi connectivity index (χ0n) is 13.6. The molecule has 8 heteroatoms. The van der Waals surface area contributed by atoms with Crippen molar-refractivity contribution in [3.8, 4) is 0 Å². The van der Waals surface area contributed by atoms with Crippen molar-refractivity contribution in [2.75, 3.05) is 23.6 Å². The number of carbonyl (C=O) groups is 2. The van der Waals surface area contributed by atoms with Gasteiger partial charge in [0.05, 0.1) is 17.0 Å². The molecular formula is C16H22N2O5S. The third-order valence-electron chi connectivity index (χ3n) is 4.17. The molecule has 1 aromatic carbocycles. The maximum atomic E-state index is 12.7. The third-order valence-corrected chi connectivity index (χ3v) is 5.46. The Hall–Kier alpha value is -2.09. The van der Waals surface area contributed by atoms with Gasteiger partial charge in [0.1, 0.15) is 0 Å². The van der Waals surface area contributed by atoms with E-state index in [0.717, 1.165) is 0 Å². The van der Waals surface area contributed by atoms with Crippen molar-refractivity contribution in [3.05, 3.63) is 29.8 Å². The molecule has 1 amide bonds. The quantitative estimate of drug-likeness (QED) is 0.810. The molecule has 2 N–H and O–H groups in total. The Labute approximate surface area is 141 Å². The van der Waals surface area contributed by atoms with Crippen LogP contribution in [0.15, 0.2) is 24.3 Å². The molecule has 0 saturated carbocycles. The Bertz CT molecular complexity index is 709. The molecule has 0 radical (unpaired) electrons. The number of carboxylic acid groups (broad SMARTS) is 1. The third kappa shape index (κ3) is 4.70. The van der Waals surface area contributed by atoms with Gasteiger partial charge in [-0.3, -0.25) is 14.3 Å². The van der Waals surface area contributed by atoms with Crippen molar-refractivity contribution in [2.24, 2.45) is 5.92 Å². The van der Waals surface area contributed by atoms with Gasteiger partial charge in [0.15, 0.2) is 0 Å². The average molecular weight is 354 g/mol. The van der Waals surface area contributed by atoms with E-state index in [0.29, 0.717) is 31.5 Å². The Kier molecular flexibility index (Phi) is 5.82. The Morgan fingerprint density at radius 3 is 2.46 bits per heavy atom. The smallest absolute Gasteiger partial charge is 0.303 e. The SMILES string of the molecule is CCS(=O)(=O)Nc1ccccc1C(=O)N1CCC(CC(=O)O)CC1. The number of para-hydroxylation sites is 1. The number of hydrogen-bond donors (Lipinski definition) is 2. The van der Waals surface area contributed by atoms with E-state index >= 15 is 0 Å². The van der Waals surface area contributed by atoms with Crippen molar-refractivity contribution < 1.29 is 23.1 Å². The summed E-state index contributed by atoms with van der Waals surface area (Å²) in [5.74, 6) is -1.05. The van der Waals surface area contributed by atoms with Crippen LogP contribution in [0.3, 0.4) is 0 Å². The first-order chi connectivity index (χ1) is 11.3. The molecule has 1 aliphatic heterocycles. The monoisotopic (exact) mass is 354 g/mol. The highest BCUT2D eigenvalue weighted by molar-refractivity contribution is 7.92. The van der Waals surface area contributed by atoms with Crippen molar-refractivity contribution in [1.29, 1.82) is 0 Å². The summed E-state index contributed by atoms with van der Waals surface area (Å²) >= 11 is 0. The molecule has 0 atom stereocenters. The molecule has 1 aromatic rings. The summed E-state index contributed by atoms with van der Waals surface area (Å²) in [6.07, 6.45) is 1.40. The number of amides is 1. The zero-order chi connectivity index (χ0) is 17.7. The fourth-order valence-electron chi connectivity index (χ4n) is 2.76. The molecule has 0 aromatic heterocycles. The molecule has 1 aliphatic rings. The van der Waals surface area contributed by atoms with E-state index in [2.05, 4.69) is 4.72 Å². The number of nitrogens with one attached hydrogen (secondary N) is 1. The van der Waals surface area contributed by atoms with Crippen molar-refractivity contribution in [1.82, 2.24) is 4.90 Å². The van der Waals surface area contributed by atoms with Gasteiger partial charge in [-0.15, -0.1) is 0 Å². The highest BCUT2D eigenvalue weighted by atomic mass is 32.2. The molecule has 0 bridgehead atoms. The summed E-state index contributed by atoms with van der Waals surface area (Å²) in [5.41, 5.74) is 0.586. The molecule has 1 fully saturated rings. The summed E-state index contributed by atoms with van der Waals surface area (Å²) in [5, 5.41) is 8.84. The van der Waals surface area contributed by atoms with Gasteiger partial charge in [-0.05, 0) is 37.8 Å². The number of aliphatic carboxylic acids is 1. The molecule has 2 rings (SSSR count). The van der Waals surface area contributed by atoms with Crippen LogP contribution in [0.25, 0.3) is 0 Å². The predicted molar refractivity (Wildman–Crippen MR) is 90.4 cm³/mol. The Balaban J connectivity index is 2.10. The summed E-state index contributed by atoms with van der Waals surface area (Å²) < 4.78 is 26.0. The fourth-order valence-corrected chi connectivity index (χ4v) is 3.41. The normalized spacial score (nSPS) is 16.0. The minimum atomic E-state index is -3.47. The number of anilines is 1. The number of nitrogens with zero attached hydrogens (tertiary/aromatic N) is 1. The lowest BCUT2D eigenvalue weighted by molar-refractivity contribution is -0.138. The van der Waals surface area contributed by atoms with Crippen LogP contribution in [-0.2, 0) is 14.8 Å². The second kappa shape index (κ2) is 7.65. The van der Waals surface area contributed by atoms with Crippen molar-refractivity contribution >= 4 is 27.6 Å². The molecule has 0 spiro atoms. The lowest BCUT2D eigenvalue weighted by Gasteiger charge is -2.31. The second-order valence-corrected chi connectivity index (χ2v) is 7.90. The van der Waals surface area contributed by atoms with Crippen molar-refractivity contribution in [3.63, 3.8) is 0 Å². The van der Waals surface area contributed by atoms with Crippen LogP contribution < -0.4 is 4.72 Å². The van der Waals surface area contributed by atoms with E-state index in [4.69, 9.17) is 5.11 Å². The molecule has 0 aliphatic carbocycles. The molecule has 1 saturated heterocycles. The average Bonchev–Trinajstić information content (AvgIpc) is 2.54. The topological polar surface area (TPSA) is 104 Å². The van der Waals surface area contributed by atoms with Gasteiger partial charge >= 0.3 is 5.97 Å². The number of rotatable bonds is 6. The lowest BCUT2D eigenvalue weighted by atomic mass is 9.93. The number of likely N-dealkylation sites (tertiary alicyclic amines) is 1. The molecule has 0 unspecified atom stereocenters. The molecule has 7 nitrogen and oxygen atoms in total. The summed E-state index contributed by atoms with van der Waals surface area (Å²) in [6, 6.07) is 6.52. The molecule has 24 heavy (non-hydrogen) atoms. The molecular weight excluding hydrogens is 332 g/mol. The van der Waals surface area contributed by atoms with Crippen LogP contribution in [0, 0.1) is 5.92 Å². The van der Waals surface area contributed by atoms with Crippen LogP contribution in [-0.4, -0.2) is 49.1 Å². The fraction of sp³-hybridized carbons (Fsp3) is 0.500. The second-order valence-electron chi connectivity index (χ2n) is 5.88. The van der Waals surface area contributed by atoms with Crippen LogP contribution in [0.1, 0.15) is 36.5 Å². The van der Waals surface area contributed by atoms with E-state index in [1.165, 1.54) is 6.92 Å². The molecule has 1 heterocycles. The number of benzene rings is 1. The van der Waals surface area contributed by atoms with Gasteiger partial charge in [-0.25, -0.2) is 8.42 Å². The summed E-state index contributed by atoms with van der Waals surface area (Å²) in [6.45, 7) is 2.48. The predicted octanol–water partition coefficient (Wildman–Crippen LogP) is 1.78. The maximum Gasteiger partial charge on any atom is 0.303 e. The van der Waals surface area contributed by atoms with E-state index in [9.17, 15) is 18.0 Å². The zero-order valence-corrected chi connectivity index (χ0v) is 14.4. The number of carbonyl (C=O) groups excluding carboxylic acids is 1. The van der Waals surface area contributed by atoms with Gasteiger partial charge in [0.2, 0.25) is 10.0 Å². The van der Waals surface area contributed by atoms with Crippen molar-refractivity contribution in [2.45, 2.75) is 26.2 Å². The lowest BCUT2D eigenvalue weighted by Crippen LogP contribution is -2.39. The van der Waals surface area contributed by atoms with Gasteiger partial charge < -0.3 is 10.0 Å². The Morgan fingerprint density at radius 2 is 1.88 bits per heavy atom. The van der Waals surface area contributed by atoms with E-state index in [1.54, 1.807) is 29.2 Å². The minimum Gasteiger partial charge on any atom is -0.481 e. The van der Waals surface area contributed by atoms with Crippen LogP contribution in [0.4, 0.5) is 5.69 Å². The Morgan fingerprint density at radius 1 is 1.25 bits per heavy atom. The molecule has 132 valence electrons. The van der Waals surface area contributed by atoms with Gasteiger partial charge in [-0.2, -0.15) is 0 Å². The first-order valence-electron chi connectivity index (χ1n) is 7.93. The van der Waals surface area contributed by atoms with Gasteiger partial charge in [-0.1, -0.05) is 12.1 Å². The number of hydrogen-bond acceptors (Lipinski definition) is 4. The van der Waals surface area contributed by atoms with E-state index in [-0.39, 0.29) is 29.7 Å². The number of piperidine rings is 1. The van der Waals surface area contributed by atoms with E-state index in [1.807, 2.05) is 0 Å². The van der Waals surface area contributed by atoms with Crippen LogP contribution in [0.2, 0.25) is 0 Å². The first kappa shape index (κ1) is 18.3. The highest BCUT2D eigenvalue weighted by Gasteiger charge is 2.26. The standard InChI is InChI=1S/C16H22N2O5S/c1-2-24(22,23)17-14-6-4-3-5-13(14)16(21)18-9-7-12(8-10-18)11-15(19)20/h3-6,12,17H,2,7-11H2,1H3,(H,19,20). The highest BCUT2D eigenvalue weighted by Crippen LogP contribution is 2.24. The largest absolute Gasteiger partial charge is 0.481 e. The number of carboxylic acids is 1. The van der Waals surface area contributed by atoms with Crippen LogP contribution >= 0.6 is 0 Å².